The third-order valence-corrected chi connectivity index (χ3v) is 3.79. The van der Waals surface area contributed by atoms with E-state index in [2.05, 4.69) is 25.1 Å². The van der Waals surface area contributed by atoms with Gasteiger partial charge in [-0.05, 0) is 41.1 Å². The monoisotopic (exact) mass is 276 g/mol. The number of aldehydes is 1. The second kappa shape index (κ2) is 5.41. The van der Waals surface area contributed by atoms with E-state index < -0.39 is 0 Å². The zero-order valence-corrected chi connectivity index (χ0v) is 12.1. The van der Waals surface area contributed by atoms with Gasteiger partial charge in [0, 0.05) is 10.9 Å². The number of rotatable bonds is 3. The van der Waals surface area contributed by atoms with E-state index in [1.807, 2.05) is 36.4 Å². The molecule has 0 fully saturated rings. The van der Waals surface area contributed by atoms with Gasteiger partial charge in [0.1, 0.15) is 12.0 Å². The molecule has 3 aromatic rings. The van der Waals surface area contributed by atoms with Crippen LogP contribution in [0.2, 0.25) is 0 Å². The average molecular weight is 276 g/mol. The summed E-state index contributed by atoms with van der Waals surface area (Å²) in [4.78, 5) is 11.0. The molecule has 0 saturated heterocycles. The SMILES string of the molecule is COc1ccc(-c2cc(C=O)ccc2C)c2ccccc12. The van der Waals surface area contributed by atoms with Crippen LogP contribution < -0.4 is 4.74 Å². The molecule has 2 nitrogen and oxygen atoms in total. The van der Waals surface area contributed by atoms with Gasteiger partial charge < -0.3 is 4.74 Å². The van der Waals surface area contributed by atoms with Crippen molar-refractivity contribution in [2.24, 2.45) is 0 Å². The number of hydrogen-bond donors (Lipinski definition) is 0. The highest BCUT2D eigenvalue weighted by Crippen LogP contribution is 2.35. The number of methoxy groups -OCH3 is 1. The molecule has 21 heavy (non-hydrogen) atoms. The van der Waals surface area contributed by atoms with Gasteiger partial charge in [-0.1, -0.05) is 42.5 Å². The lowest BCUT2D eigenvalue weighted by molar-refractivity contribution is 0.112. The van der Waals surface area contributed by atoms with Crippen LogP contribution in [-0.4, -0.2) is 13.4 Å². The molecule has 0 aromatic heterocycles. The van der Waals surface area contributed by atoms with Gasteiger partial charge in [-0.2, -0.15) is 0 Å². The van der Waals surface area contributed by atoms with Crippen molar-refractivity contribution in [2.75, 3.05) is 7.11 Å². The standard InChI is InChI=1S/C19H16O2/c1-13-7-8-14(12-20)11-18(13)16-9-10-19(21-2)17-6-4-3-5-15(16)17/h3-12H,1-2H3. The van der Waals surface area contributed by atoms with Crippen molar-refractivity contribution in [1.82, 2.24) is 0 Å². The fourth-order valence-corrected chi connectivity index (χ4v) is 2.69. The molecule has 0 N–H and O–H groups in total. The number of aryl methyl sites for hydroxylation is 1. The highest BCUT2D eigenvalue weighted by atomic mass is 16.5. The van der Waals surface area contributed by atoms with Gasteiger partial charge in [0.05, 0.1) is 7.11 Å². The fraction of sp³-hybridized carbons (Fsp3) is 0.105. The van der Waals surface area contributed by atoms with Gasteiger partial charge in [0.15, 0.2) is 0 Å². The van der Waals surface area contributed by atoms with Gasteiger partial charge in [-0.15, -0.1) is 0 Å². The van der Waals surface area contributed by atoms with Crippen LogP contribution in [0.5, 0.6) is 5.75 Å². The van der Waals surface area contributed by atoms with Crippen molar-refractivity contribution in [2.45, 2.75) is 6.92 Å². The first-order chi connectivity index (χ1) is 10.2. The van der Waals surface area contributed by atoms with E-state index in [4.69, 9.17) is 4.74 Å². The minimum Gasteiger partial charge on any atom is -0.496 e. The molecule has 3 rings (SSSR count). The summed E-state index contributed by atoms with van der Waals surface area (Å²) in [5, 5.41) is 2.21. The first-order valence-corrected chi connectivity index (χ1v) is 6.86. The Hall–Kier alpha value is -2.61. The van der Waals surface area contributed by atoms with Crippen molar-refractivity contribution >= 4 is 17.1 Å². The number of benzene rings is 3. The summed E-state index contributed by atoms with van der Waals surface area (Å²) in [6.45, 7) is 2.06. The summed E-state index contributed by atoms with van der Waals surface area (Å²) in [5.74, 6) is 0.860. The van der Waals surface area contributed by atoms with Crippen molar-refractivity contribution in [3.63, 3.8) is 0 Å². The highest BCUT2D eigenvalue weighted by molar-refractivity contribution is 6.01. The maximum Gasteiger partial charge on any atom is 0.150 e. The lowest BCUT2D eigenvalue weighted by Gasteiger charge is -2.13. The molecule has 0 aliphatic carbocycles. The molecule has 0 amide bonds. The molecular formula is C19H16O2. The first kappa shape index (κ1) is 13.4. The lowest BCUT2D eigenvalue weighted by Crippen LogP contribution is -1.91. The van der Waals surface area contributed by atoms with Crippen LogP contribution in [0.25, 0.3) is 21.9 Å². The smallest absolute Gasteiger partial charge is 0.150 e. The van der Waals surface area contributed by atoms with Gasteiger partial charge in [0.25, 0.3) is 0 Å². The minimum atomic E-state index is 0.690. The Morgan fingerprint density at radius 1 is 0.905 bits per heavy atom. The van der Waals surface area contributed by atoms with E-state index >= 15 is 0 Å². The summed E-state index contributed by atoms with van der Waals surface area (Å²) in [6.07, 6.45) is 0.884. The summed E-state index contributed by atoms with van der Waals surface area (Å²) >= 11 is 0. The molecule has 2 heteroatoms. The second-order valence-electron chi connectivity index (χ2n) is 5.05. The molecule has 0 heterocycles. The zero-order valence-electron chi connectivity index (χ0n) is 12.1. The van der Waals surface area contributed by atoms with Crippen LogP contribution in [0.15, 0.2) is 54.6 Å². The van der Waals surface area contributed by atoms with Crippen molar-refractivity contribution in [3.8, 4) is 16.9 Å². The van der Waals surface area contributed by atoms with E-state index in [0.717, 1.165) is 39.5 Å². The Kier molecular flexibility index (Phi) is 3.44. The Morgan fingerprint density at radius 2 is 1.67 bits per heavy atom. The van der Waals surface area contributed by atoms with E-state index in [1.54, 1.807) is 7.11 Å². The van der Waals surface area contributed by atoms with E-state index in [9.17, 15) is 4.79 Å². The Balaban J connectivity index is 2.33. The third-order valence-electron chi connectivity index (χ3n) is 3.79. The maximum atomic E-state index is 11.0. The average Bonchev–Trinajstić information content (AvgIpc) is 2.54. The largest absolute Gasteiger partial charge is 0.496 e. The van der Waals surface area contributed by atoms with Crippen LogP contribution in [0, 0.1) is 6.92 Å². The van der Waals surface area contributed by atoms with Crippen LogP contribution >= 0.6 is 0 Å². The molecular weight excluding hydrogens is 260 g/mol. The lowest BCUT2D eigenvalue weighted by atomic mass is 9.93. The predicted molar refractivity (Wildman–Crippen MR) is 86.1 cm³/mol. The minimum absolute atomic E-state index is 0.690. The molecule has 0 radical (unpaired) electrons. The van der Waals surface area contributed by atoms with Gasteiger partial charge in [-0.25, -0.2) is 0 Å². The van der Waals surface area contributed by atoms with E-state index in [1.165, 1.54) is 0 Å². The van der Waals surface area contributed by atoms with E-state index in [-0.39, 0.29) is 0 Å². The summed E-state index contributed by atoms with van der Waals surface area (Å²) < 4.78 is 5.44. The summed E-state index contributed by atoms with van der Waals surface area (Å²) in [5.41, 5.74) is 4.04. The van der Waals surface area contributed by atoms with Crippen LogP contribution in [-0.2, 0) is 0 Å². The van der Waals surface area contributed by atoms with Crippen molar-refractivity contribution in [3.05, 3.63) is 65.7 Å². The number of carbonyl (C=O) groups excluding carboxylic acids is 1. The highest BCUT2D eigenvalue weighted by Gasteiger charge is 2.10. The normalized spacial score (nSPS) is 10.6. The summed E-state index contributed by atoms with van der Waals surface area (Å²) in [6, 6.07) is 18.0. The molecule has 0 aliphatic rings. The second-order valence-corrected chi connectivity index (χ2v) is 5.05. The number of fused-ring (bicyclic) bond motifs is 1. The topological polar surface area (TPSA) is 26.3 Å². The van der Waals surface area contributed by atoms with Crippen LogP contribution in [0.3, 0.4) is 0 Å². The molecule has 0 bridgehead atoms. The van der Waals surface area contributed by atoms with E-state index in [0.29, 0.717) is 5.56 Å². The Morgan fingerprint density at radius 3 is 2.38 bits per heavy atom. The van der Waals surface area contributed by atoms with Gasteiger partial charge in [0.2, 0.25) is 0 Å². The molecule has 0 atom stereocenters. The van der Waals surface area contributed by atoms with Crippen molar-refractivity contribution in [1.29, 1.82) is 0 Å². The number of carbonyl (C=O) groups is 1. The fourth-order valence-electron chi connectivity index (χ4n) is 2.69. The van der Waals surface area contributed by atoms with Crippen molar-refractivity contribution < 1.29 is 9.53 Å². The Bertz CT molecular complexity index is 819. The van der Waals surface area contributed by atoms with Crippen LogP contribution in [0.1, 0.15) is 15.9 Å². The zero-order chi connectivity index (χ0) is 14.8. The predicted octanol–water partition coefficient (Wildman–Crippen LogP) is 4.64. The number of hydrogen-bond acceptors (Lipinski definition) is 2. The Labute approximate surface area is 124 Å². The third kappa shape index (κ3) is 2.29. The van der Waals surface area contributed by atoms with Gasteiger partial charge >= 0.3 is 0 Å². The molecule has 0 spiro atoms. The quantitative estimate of drug-likeness (QED) is 0.652. The first-order valence-electron chi connectivity index (χ1n) is 6.86. The van der Waals surface area contributed by atoms with Gasteiger partial charge in [-0.3, -0.25) is 4.79 Å². The molecule has 3 aromatic carbocycles. The summed E-state index contributed by atoms with van der Waals surface area (Å²) in [7, 11) is 1.68. The number of ether oxygens (including phenoxy) is 1. The van der Waals surface area contributed by atoms with Crippen LogP contribution in [0.4, 0.5) is 0 Å². The molecule has 0 saturated carbocycles. The molecule has 0 aliphatic heterocycles. The molecule has 0 unspecified atom stereocenters. The molecule has 104 valence electrons. The maximum absolute atomic E-state index is 11.0.